The molecule has 0 saturated carbocycles. The standard InChI is InChI=1S/C22H21NO4/c23-21(22(24)25)18-11-19(26-14-16-7-3-1-4-8-16)13-20(12-18)27-15-17-9-5-2-6-10-17/h1-13,21H,14-15,23H2,(H,24,25). The number of hydrogen-bond donors (Lipinski definition) is 2. The molecule has 0 fully saturated rings. The fraction of sp³-hybridized carbons (Fsp3) is 0.136. The van der Waals surface area contributed by atoms with Gasteiger partial charge in [-0.1, -0.05) is 60.7 Å². The lowest BCUT2D eigenvalue weighted by Crippen LogP contribution is -2.20. The van der Waals surface area contributed by atoms with Crippen LogP contribution in [-0.4, -0.2) is 11.1 Å². The van der Waals surface area contributed by atoms with Crippen LogP contribution in [0.4, 0.5) is 0 Å². The highest BCUT2D eigenvalue weighted by Crippen LogP contribution is 2.27. The summed E-state index contributed by atoms with van der Waals surface area (Å²) in [6.45, 7) is 0.732. The second-order valence-corrected chi connectivity index (χ2v) is 6.10. The summed E-state index contributed by atoms with van der Waals surface area (Å²) in [5.41, 5.74) is 8.23. The van der Waals surface area contributed by atoms with E-state index in [9.17, 15) is 9.90 Å². The maximum absolute atomic E-state index is 11.3. The zero-order valence-corrected chi connectivity index (χ0v) is 14.7. The lowest BCUT2D eigenvalue weighted by atomic mass is 10.1. The Kier molecular flexibility index (Phi) is 6.07. The summed E-state index contributed by atoms with van der Waals surface area (Å²) in [5.74, 6) is -0.0866. The van der Waals surface area contributed by atoms with Gasteiger partial charge in [-0.15, -0.1) is 0 Å². The van der Waals surface area contributed by atoms with Crippen molar-refractivity contribution in [3.63, 3.8) is 0 Å². The van der Waals surface area contributed by atoms with E-state index in [1.54, 1.807) is 18.2 Å². The van der Waals surface area contributed by atoms with Crippen molar-refractivity contribution in [2.75, 3.05) is 0 Å². The summed E-state index contributed by atoms with van der Waals surface area (Å²) >= 11 is 0. The molecule has 27 heavy (non-hydrogen) atoms. The third kappa shape index (κ3) is 5.33. The monoisotopic (exact) mass is 363 g/mol. The largest absolute Gasteiger partial charge is 0.489 e. The molecule has 5 heteroatoms. The Hall–Kier alpha value is -3.31. The molecule has 1 unspecified atom stereocenters. The molecule has 3 rings (SSSR count). The first-order valence-corrected chi connectivity index (χ1v) is 8.58. The van der Waals surface area contributed by atoms with Gasteiger partial charge in [-0.2, -0.15) is 0 Å². The zero-order valence-electron chi connectivity index (χ0n) is 14.7. The normalized spacial score (nSPS) is 11.6. The fourth-order valence-electron chi connectivity index (χ4n) is 2.56. The van der Waals surface area contributed by atoms with Crippen LogP contribution >= 0.6 is 0 Å². The summed E-state index contributed by atoms with van der Waals surface area (Å²) in [6.07, 6.45) is 0. The molecule has 138 valence electrons. The van der Waals surface area contributed by atoms with Crippen molar-refractivity contribution < 1.29 is 19.4 Å². The van der Waals surface area contributed by atoms with Gasteiger partial charge in [0.15, 0.2) is 0 Å². The molecule has 0 aliphatic heterocycles. The van der Waals surface area contributed by atoms with Crippen molar-refractivity contribution >= 4 is 5.97 Å². The Labute approximate surface area is 158 Å². The number of hydrogen-bond acceptors (Lipinski definition) is 4. The van der Waals surface area contributed by atoms with Crippen molar-refractivity contribution in [1.29, 1.82) is 0 Å². The Balaban J connectivity index is 1.78. The van der Waals surface area contributed by atoms with Crippen LogP contribution < -0.4 is 15.2 Å². The van der Waals surface area contributed by atoms with E-state index in [2.05, 4.69) is 0 Å². The number of aliphatic carboxylic acids is 1. The molecule has 5 nitrogen and oxygen atoms in total. The van der Waals surface area contributed by atoms with Gasteiger partial charge in [0.05, 0.1) is 0 Å². The lowest BCUT2D eigenvalue weighted by molar-refractivity contribution is -0.138. The van der Waals surface area contributed by atoms with E-state index in [0.29, 0.717) is 30.3 Å². The average Bonchev–Trinajstić information content (AvgIpc) is 2.71. The van der Waals surface area contributed by atoms with Crippen LogP contribution in [0.2, 0.25) is 0 Å². The second-order valence-electron chi connectivity index (χ2n) is 6.10. The molecule has 1 atom stereocenters. The van der Waals surface area contributed by atoms with E-state index < -0.39 is 12.0 Å². The molecule has 3 aromatic carbocycles. The molecule has 3 N–H and O–H groups in total. The van der Waals surface area contributed by atoms with Crippen molar-refractivity contribution in [2.24, 2.45) is 5.73 Å². The maximum atomic E-state index is 11.3. The SMILES string of the molecule is NC(C(=O)O)c1cc(OCc2ccccc2)cc(OCc2ccccc2)c1. The summed E-state index contributed by atoms with van der Waals surface area (Å²) in [5, 5.41) is 9.23. The van der Waals surface area contributed by atoms with Gasteiger partial charge in [-0.25, -0.2) is 0 Å². The molecule has 3 aromatic rings. The van der Waals surface area contributed by atoms with Crippen LogP contribution in [0.3, 0.4) is 0 Å². The van der Waals surface area contributed by atoms with E-state index in [1.165, 1.54) is 0 Å². The summed E-state index contributed by atoms with van der Waals surface area (Å²) in [7, 11) is 0. The minimum atomic E-state index is -1.15. The van der Waals surface area contributed by atoms with Crippen LogP contribution in [0.5, 0.6) is 11.5 Å². The summed E-state index contributed by atoms with van der Waals surface area (Å²) in [4.78, 5) is 11.3. The molecule has 0 radical (unpaired) electrons. The highest BCUT2D eigenvalue weighted by Gasteiger charge is 2.17. The number of carboxylic acids is 1. The fourth-order valence-corrected chi connectivity index (χ4v) is 2.56. The molecular formula is C22H21NO4. The van der Waals surface area contributed by atoms with Crippen LogP contribution in [0.25, 0.3) is 0 Å². The minimum absolute atomic E-state index is 0.366. The Bertz CT molecular complexity index is 820. The first kappa shape index (κ1) is 18.5. The second kappa shape index (κ2) is 8.87. The minimum Gasteiger partial charge on any atom is -0.489 e. The highest BCUT2D eigenvalue weighted by molar-refractivity contribution is 5.75. The number of benzene rings is 3. The molecule has 0 aliphatic carbocycles. The van der Waals surface area contributed by atoms with Crippen LogP contribution in [0, 0.1) is 0 Å². The lowest BCUT2D eigenvalue weighted by Gasteiger charge is -2.14. The van der Waals surface area contributed by atoms with Crippen molar-refractivity contribution in [3.8, 4) is 11.5 Å². The van der Waals surface area contributed by atoms with Crippen LogP contribution in [0.1, 0.15) is 22.7 Å². The third-order valence-corrected chi connectivity index (χ3v) is 4.02. The molecule has 0 heterocycles. The van der Waals surface area contributed by atoms with E-state index in [0.717, 1.165) is 11.1 Å². The van der Waals surface area contributed by atoms with E-state index in [1.807, 2.05) is 60.7 Å². The predicted octanol–water partition coefficient (Wildman–Crippen LogP) is 3.93. The Morgan fingerprint density at radius 3 is 1.67 bits per heavy atom. The number of carbonyl (C=O) groups is 1. The van der Waals surface area contributed by atoms with Gasteiger partial charge >= 0.3 is 5.97 Å². The van der Waals surface area contributed by atoms with Gasteiger partial charge in [-0.3, -0.25) is 4.79 Å². The van der Waals surface area contributed by atoms with Gasteiger partial charge < -0.3 is 20.3 Å². The molecule has 0 bridgehead atoms. The quantitative estimate of drug-likeness (QED) is 0.634. The van der Waals surface area contributed by atoms with Gasteiger partial charge in [0, 0.05) is 6.07 Å². The Morgan fingerprint density at radius 1 is 0.815 bits per heavy atom. The first-order chi connectivity index (χ1) is 13.1. The van der Waals surface area contributed by atoms with Crippen LogP contribution in [-0.2, 0) is 18.0 Å². The van der Waals surface area contributed by atoms with E-state index in [-0.39, 0.29) is 0 Å². The number of rotatable bonds is 8. The number of carboxylic acid groups (broad SMARTS) is 1. The predicted molar refractivity (Wildman–Crippen MR) is 103 cm³/mol. The van der Waals surface area contributed by atoms with Gasteiger partial charge in [0.1, 0.15) is 30.8 Å². The molecule has 0 amide bonds. The van der Waals surface area contributed by atoms with Crippen molar-refractivity contribution in [1.82, 2.24) is 0 Å². The third-order valence-electron chi connectivity index (χ3n) is 4.02. The smallest absolute Gasteiger partial charge is 0.325 e. The Morgan fingerprint density at radius 2 is 1.26 bits per heavy atom. The summed E-state index contributed by atoms with van der Waals surface area (Å²) in [6, 6.07) is 23.3. The van der Waals surface area contributed by atoms with Gasteiger partial charge in [-0.05, 0) is 28.8 Å². The van der Waals surface area contributed by atoms with Crippen molar-refractivity contribution in [3.05, 3.63) is 95.6 Å². The molecule has 0 spiro atoms. The maximum Gasteiger partial charge on any atom is 0.325 e. The van der Waals surface area contributed by atoms with E-state index >= 15 is 0 Å². The number of nitrogens with two attached hydrogens (primary N) is 1. The molecular weight excluding hydrogens is 342 g/mol. The van der Waals surface area contributed by atoms with Gasteiger partial charge in [0.25, 0.3) is 0 Å². The molecule has 0 aromatic heterocycles. The van der Waals surface area contributed by atoms with Crippen molar-refractivity contribution in [2.45, 2.75) is 19.3 Å². The van der Waals surface area contributed by atoms with E-state index in [4.69, 9.17) is 15.2 Å². The first-order valence-electron chi connectivity index (χ1n) is 8.58. The zero-order chi connectivity index (χ0) is 19.1. The topological polar surface area (TPSA) is 81.8 Å². The summed E-state index contributed by atoms with van der Waals surface area (Å²) < 4.78 is 11.7. The van der Waals surface area contributed by atoms with Gasteiger partial charge in [0.2, 0.25) is 0 Å². The number of ether oxygens (including phenoxy) is 2. The average molecular weight is 363 g/mol. The highest BCUT2D eigenvalue weighted by atomic mass is 16.5. The molecule has 0 aliphatic rings. The van der Waals surface area contributed by atoms with Crippen LogP contribution in [0.15, 0.2) is 78.9 Å². The molecule has 0 saturated heterocycles.